The van der Waals surface area contributed by atoms with Crippen LogP contribution >= 0.6 is 0 Å². The summed E-state index contributed by atoms with van der Waals surface area (Å²) in [5.41, 5.74) is 5.56. The molecular formula is C35H56O3Si2. The van der Waals surface area contributed by atoms with Crippen LogP contribution < -0.4 is 0 Å². The first-order valence-electron chi connectivity index (χ1n) is 14.9. The second kappa shape index (κ2) is 14.6. The van der Waals surface area contributed by atoms with E-state index < -0.39 is 23.7 Å². The Kier molecular flexibility index (Phi) is 12.7. The lowest BCUT2D eigenvalue weighted by atomic mass is 9.80. The Morgan fingerprint density at radius 3 is 1.65 bits per heavy atom. The fraction of sp³-hybridized carbons (Fsp3) is 0.600. The maximum Gasteiger partial charge on any atom is 0.205 e. The van der Waals surface area contributed by atoms with Crippen molar-refractivity contribution in [2.75, 3.05) is 0 Å². The van der Waals surface area contributed by atoms with Crippen LogP contribution in [0.4, 0.5) is 0 Å². The second-order valence-corrected chi connectivity index (χ2v) is 18.7. The molecule has 0 aliphatic carbocycles. The van der Waals surface area contributed by atoms with Gasteiger partial charge in [0, 0.05) is 0 Å². The van der Waals surface area contributed by atoms with Crippen LogP contribution in [0.5, 0.6) is 0 Å². The van der Waals surface area contributed by atoms with Crippen LogP contribution in [0.3, 0.4) is 0 Å². The number of hydrogen-bond donors (Lipinski definition) is 1. The molecule has 0 saturated heterocycles. The van der Waals surface area contributed by atoms with E-state index in [1.54, 1.807) is 0 Å². The number of rotatable bonds is 13. The Balaban J connectivity index is 2.47. The fourth-order valence-corrected chi connectivity index (χ4v) is 6.92. The van der Waals surface area contributed by atoms with Gasteiger partial charge in [0.15, 0.2) is 0 Å². The molecule has 0 aliphatic heterocycles. The van der Waals surface area contributed by atoms with E-state index in [2.05, 4.69) is 122 Å². The quantitative estimate of drug-likeness (QED) is 0.145. The summed E-state index contributed by atoms with van der Waals surface area (Å²) in [4.78, 5) is 0. The highest BCUT2D eigenvalue weighted by Gasteiger charge is 2.32. The largest absolute Gasteiger partial charge is 0.410 e. The molecule has 0 heterocycles. The molecule has 2 rings (SSSR count). The van der Waals surface area contributed by atoms with Crippen molar-refractivity contribution >= 4 is 30.2 Å². The Hall–Kier alpha value is -1.51. The summed E-state index contributed by atoms with van der Waals surface area (Å²) in [6.45, 7) is 26.3. The minimum atomic E-state index is -0.890. The molecule has 0 bridgehead atoms. The Morgan fingerprint density at radius 1 is 0.700 bits per heavy atom. The van der Waals surface area contributed by atoms with E-state index in [0.29, 0.717) is 0 Å². The van der Waals surface area contributed by atoms with Crippen LogP contribution in [0.2, 0.25) is 26.2 Å². The van der Waals surface area contributed by atoms with E-state index >= 15 is 0 Å². The van der Waals surface area contributed by atoms with E-state index in [9.17, 15) is 5.11 Å². The standard InChI is InChI=1S/C35H56O3Si2/c1-33(2,3)31(37-39(9)10)29-23-28(24-30(25-29)32(34(4,5)6)38-40(11)12)20-19-27-18-15-17-26(22-27)16-13-14-21-35(7,8)36/h15,17-20,22-25,31-32,36H,13-14,16,21H2,1-12H3. The van der Waals surface area contributed by atoms with Crippen LogP contribution in [-0.2, 0) is 15.3 Å². The maximum absolute atomic E-state index is 10.00. The van der Waals surface area contributed by atoms with Crippen LogP contribution in [0, 0.1) is 10.8 Å². The molecule has 0 aromatic heterocycles. The second-order valence-electron chi connectivity index (χ2n) is 14.6. The molecule has 0 fully saturated rings. The van der Waals surface area contributed by atoms with E-state index in [1.165, 1.54) is 27.8 Å². The lowest BCUT2D eigenvalue weighted by molar-refractivity contribution is 0.0682. The van der Waals surface area contributed by atoms with E-state index in [4.69, 9.17) is 8.85 Å². The molecule has 1 N–H and O–H groups in total. The highest BCUT2D eigenvalue weighted by atomic mass is 28.3. The molecule has 40 heavy (non-hydrogen) atoms. The minimum Gasteiger partial charge on any atom is -0.410 e. The zero-order valence-electron chi connectivity index (χ0n) is 27.4. The zero-order chi connectivity index (χ0) is 30.3. The number of benzene rings is 2. The summed E-state index contributed by atoms with van der Waals surface area (Å²) in [6, 6.07) is 15.8. The van der Waals surface area contributed by atoms with Gasteiger partial charge in [0.2, 0.25) is 18.1 Å². The molecule has 0 amide bonds. The highest BCUT2D eigenvalue weighted by molar-refractivity contribution is 6.48. The number of unbranched alkanes of at least 4 members (excludes halogenated alkanes) is 1. The number of aliphatic hydroxyl groups is 1. The van der Waals surface area contributed by atoms with E-state index in [0.717, 1.165) is 25.7 Å². The summed E-state index contributed by atoms with van der Waals surface area (Å²) >= 11 is 0. The van der Waals surface area contributed by atoms with Crippen LogP contribution in [0.25, 0.3) is 12.2 Å². The van der Waals surface area contributed by atoms with Crippen LogP contribution in [-0.4, -0.2) is 28.8 Å². The molecule has 2 aromatic carbocycles. The van der Waals surface area contributed by atoms with Gasteiger partial charge < -0.3 is 14.0 Å². The smallest absolute Gasteiger partial charge is 0.205 e. The monoisotopic (exact) mass is 580 g/mol. The zero-order valence-corrected chi connectivity index (χ0v) is 29.4. The first-order chi connectivity index (χ1) is 18.3. The van der Waals surface area contributed by atoms with Gasteiger partial charge in [-0.25, -0.2) is 0 Å². The van der Waals surface area contributed by atoms with Gasteiger partial charge in [-0.3, -0.25) is 0 Å². The lowest BCUT2D eigenvalue weighted by Gasteiger charge is -2.36. The van der Waals surface area contributed by atoms with Crippen LogP contribution in [0.1, 0.15) is 115 Å². The topological polar surface area (TPSA) is 38.7 Å². The third-order valence-electron chi connectivity index (χ3n) is 6.81. The van der Waals surface area contributed by atoms with Gasteiger partial charge >= 0.3 is 0 Å². The Morgan fingerprint density at radius 2 is 1.20 bits per heavy atom. The van der Waals surface area contributed by atoms with E-state index in [-0.39, 0.29) is 23.0 Å². The van der Waals surface area contributed by atoms with Crippen molar-refractivity contribution < 1.29 is 14.0 Å². The van der Waals surface area contributed by atoms with Crippen LogP contribution in [0.15, 0.2) is 42.5 Å². The van der Waals surface area contributed by atoms with Gasteiger partial charge in [0.25, 0.3) is 0 Å². The van der Waals surface area contributed by atoms with Gasteiger partial charge in [0.05, 0.1) is 17.8 Å². The van der Waals surface area contributed by atoms with Crippen molar-refractivity contribution in [3.05, 3.63) is 70.3 Å². The maximum atomic E-state index is 10.00. The third-order valence-corrected chi connectivity index (χ3v) is 8.22. The number of hydrogen-bond acceptors (Lipinski definition) is 3. The predicted molar refractivity (Wildman–Crippen MR) is 177 cm³/mol. The average molecular weight is 581 g/mol. The Labute approximate surface area is 249 Å². The number of aryl methyl sites for hydroxylation is 1. The molecule has 0 aliphatic rings. The molecule has 2 aromatic rings. The van der Waals surface area contributed by atoms with Gasteiger partial charge in [-0.1, -0.05) is 90.4 Å². The first-order valence-corrected chi connectivity index (χ1v) is 19.7. The fourth-order valence-electron chi connectivity index (χ4n) is 4.99. The molecule has 0 saturated carbocycles. The molecule has 2 unspecified atom stereocenters. The SMILES string of the molecule is C[Si](C)OC(c1cc(C=Cc2cccc(CCCCC(C)(C)O)c2)cc(C(O[Si](C)C)C(C)(C)C)c1)C(C)(C)C. The first kappa shape index (κ1) is 34.7. The normalized spacial score (nSPS) is 14.9. The van der Waals surface area contributed by atoms with Gasteiger partial charge in [-0.05, 0) is 110 Å². The lowest BCUT2D eigenvalue weighted by Crippen LogP contribution is -2.28. The summed E-state index contributed by atoms with van der Waals surface area (Å²) in [5.74, 6) is 0. The molecule has 222 valence electrons. The van der Waals surface area contributed by atoms with Crippen molar-refractivity contribution in [1.82, 2.24) is 0 Å². The van der Waals surface area contributed by atoms with Gasteiger partial charge in [-0.2, -0.15) is 0 Å². The predicted octanol–water partition coefficient (Wildman–Crippen LogP) is 10.1. The molecule has 3 nitrogen and oxygen atoms in total. The summed E-state index contributed by atoms with van der Waals surface area (Å²) in [6.07, 6.45) is 8.49. The summed E-state index contributed by atoms with van der Waals surface area (Å²) in [5, 5.41) is 10.00. The summed E-state index contributed by atoms with van der Waals surface area (Å²) in [7, 11) is -1.78. The molecule has 0 spiro atoms. The highest BCUT2D eigenvalue weighted by Crippen LogP contribution is 2.42. The molecule has 2 radical (unpaired) electrons. The third kappa shape index (κ3) is 12.2. The van der Waals surface area contributed by atoms with E-state index in [1.807, 2.05) is 13.8 Å². The van der Waals surface area contributed by atoms with Crippen molar-refractivity contribution in [3.63, 3.8) is 0 Å². The van der Waals surface area contributed by atoms with Crippen molar-refractivity contribution in [2.24, 2.45) is 10.8 Å². The summed E-state index contributed by atoms with van der Waals surface area (Å²) < 4.78 is 13.3. The van der Waals surface area contributed by atoms with Crippen molar-refractivity contribution in [2.45, 2.75) is 125 Å². The minimum absolute atomic E-state index is 0.0179. The average Bonchev–Trinajstić information content (AvgIpc) is 2.80. The molecular weight excluding hydrogens is 525 g/mol. The Bertz CT molecular complexity index is 1040. The molecule has 2 atom stereocenters. The van der Waals surface area contributed by atoms with Crippen molar-refractivity contribution in [1.29, 1.82) is 0 Å². The van der Waals surface area contributed by atoms with Crippen molar-refractivity contribution in [3.8, 4) is 0 Å². The molecule has 5 heteroatoms. The van der Waals surface area contributed by atoms with Gasteiger partial charge in [-0.15, -0.1) is 0 Å². The van der Waals surface area contributed by atoms with Gasteiger partial charge in [0.1, 0.15) is 0 Å².